The summed E-state index contributed by atoms with van der Waals surface area (Å²) in [7, 11) is 0. The number of carbonyl (C=O) groups is 2. The predicted molar refractivity (Wildman–Crippen MR) is 128 cm³/mol. The molecule has 0 aromatic rings. The fraction of sp³-hybridized carbons (Fsp3) is 0.852. The lowest BCUT2D eigenvalue weighted by molar-refractivity contribution is -0.161. The molecule has 0 bridgehead atoms. The largest absolute Gasteiger partial charge is 0.465 e. The van der Waals surface area contributed by atoms with Crippen LogP contribution in [0.3, 0.4) is 0 Å². The smallest absolute Gasteiger partial charge is 0.310 e. The minimum absolute atomic E-state index is 0.240. The Balaban J connectivity index is 2.00. The molecule has 0 aliphatic heterocycles. The Kier molecular flexibility index (Phi) is 16.3. The second kappa shape index (κ2) is 18.3. The van der Waals surface area contributed by atoms with Crippen molar-refractivity contribution in [1.29, 1.82) is 0 Å². The van der Waals surface area contributed by atoms with Crippen molar-refractivity contribution in [2.75, 3.05) is 13.2 Å². The first-order valence-corrected chi connectivity index (χ1v) is 13.0. The van der Waals surface area contributed by atoms with Crippen molar-refractivity contribution in [3.63, 3.8) is 0 Å². The standard InChI is InChI=1S/C27H48O4/c1-4-21-30-26(28)24-19-15-16-20-25(24)27(29)31-22-17-13-11-9-7-5-6-8-10-12-14-18-23(2)3/h15-16,23-25H,4-14,17-22H2,1-3H3. The average molecular weight is 437 g/mol. The Morgan fingerprint density at radius 3 is 1.58 bits per heavy atom. The van der Waals surface area contributed by atoms with Gasteiger partial charge in [0.25, 0.3) is 0 Å². The summed E-state index contributed by atoms with van der Waals surface area (Å²) >= 11 is 0. The van der Waals surface area contributed by atoms with Gasteiger partial charge in [-0.15, -0.1) is 0 Å². The molecule has 2 unspecified atom stereocenters. The molecule has 0 radical (unpaired) electrons. The van der Waals surface area contributed by atoms with Crippen molar-refractivity contribution in [1.82, 2.24) is 0 Å². The Labute approximate surface area is 191 Å². The molecule has 0 fully saturated rings. The first kappa shape index (κ1) is 27.7. The SMILES string of the molecule is CCCOC(=O)C1CC=CCC1C(=O)OCCCCCCCCCCCCCC(C)C. The van der Waals surface area contributed by atoms with Crippen LogP contribution in [0.25, 0.3) is 0 Å². The van der Waals surface area contributed by atoms with Crippen LogP contribution in [0.15, 0.2) is 12.2 Å². The van der Waals surface area contributed by atoms with Crippen molar-refractivity contribution < 1.29 is 19.1 Å². The van der Waals surface area contributed by atoms with E-state index in [1.54, 1.807) is 0 Å². The first-order chi connectivity index (χ1) is 15.1. The number of hydrogen-bond acceptors (Lipinski definition) is 4. The molecule has 2 atom stereocenters. The number of esters is 2. The van der Waals surface area contributed by atoms with E-state index in [1.165, 1.54) is 64.2 Å². The van der Waals surface area contributed by atoms with Crippen LogP contribution in [-0.4, -0.2) is 25.2 Å². The molecule has 0 saturated heterocycles. The van der Waals surface area contributed by atoms with E-state index < -0.39 is 0 Å². The van der Waals surface area contributed by atoms with Gasteiger partial charge in [0.05, 0.1) is 25.0 Å². The van der Waals surface area contributed by atoms with E-state index in [0.29, 0.717) is 26.1 Å². The fourth-order valence-corrected chi connectivity index (χ4v) is 4.17. The quantitative estimate of drug-likeness (QED) is 0.128. The summed E-state index contributed by atoms with van der Waals surface area (Å²) in [4.78, 5) is 24.7. The fourth-order valence-electron chi connectivity index (χ4n) is 4.17. The number of hydrogen-bond donors (Lipinski definition) is 0. The van der Waals surface area contributed by atoms with Crippen LogP contribution in [0.4, 0.5) is 0 Å². The Hall–Kier alpha value is -1.32. The van der Waals surface area contributed by atoms with Gasteiger partial charge in [0.2, 0.25) is 0 Å². The zero-order valence-corrected chi connectivity index (χ0v) is 20.5. The zero-order chi connectivity index (χ0) is 22.7. The van der Waals surface area contributed by atoms with Gasteiger partial charge in [0.15, 0.2) is 0 Å². The third-order valence-electron chi connectivity index (χ3n) is 6.16. The molecule has 4 nitrogen and oxygen atoms in total. The van der Waals surface area contributed by atoms with Gasteiger partial charge < -0.3 is 9.47 Å². The molecule has 0 heterocycles. The normalized spacial score (nSPS) is 18.3. The Morgan fingerprint density at radius 1 is 0.710 bits per heavy atom. The topological polar surface area (TPSA) is 52.6 Å². The molecule has 4 heteroatoms. The van der Waals surface area contributed by atoms with Crippen LogP contribution in [0.1, 0.15) is 117 Å². The summed E-state index contributed by atoms with van der Waals surface area (Å²) < 4.78 is 10.8. The highest BCUT2D eigenvalue weighted by molar-refractivity contribution is 5.82. The molecule has 0 aromatic carbocycles. The second-order valence-electron chi connectivity index (χ2n) is 9.56. The highest BCUT2D eigenvalue weighted by Crippen LogP contribution is 2.28. The maximum Gasteiger partial charge on any atom is 0.310 e. The molecule has 180 valence electrons. The number of ether oxygens (including phenoxy) is 2. The molecule has 0 N–H and O–H groups in total. The van der Waals surface area contributed by atoms with E-state index in [1.807, 2.05) is 19.1 Å². The average Bonchev–Trinajstić information content (AvgIpc) is 2.77. The van der Waals surface area contributed by atoms with Gasteiger partial charge in [-0.1, -0.05) is 104 Å². The van der Waals surface area contributed by atoms with Crippen molar-refractivity contribution >= 4 is 11.9 Å². The molecule has 31 heavy (non-hydrogen) atoms. The van der Waals surface area contributed by atoms with Crippen molar-refractivity contribution in [2.24, 2.45) is 17.8 Å². The maximum atomic E-state index is 12.5. The van der Waals surface area contributed by atoms with Gasteiger partial charge in [-0.2, -0.15) is 0 Å². The van der Waals surface area contributed by atoms with Crippen LogP contribution in [0.5, 0.6) is 0 Å². The van der Waals surface area contributed by atoms with E-state index in [2.05, 4.69) is 13.8 Å². The second-order valence-corrected chi connectivity index (χ2v) is 9.56. The van der Waals surface area contributed by atoms with E-state index in [-0.39, 0.29) is 23.8 Å². The van der Waals surface area contributed by atoms with Gasteiger partial charge in [0.1, 0.15) is 0 Å². The van der Waals surface area contributed by atoms with Gasteiger partial charge >= 0.3 is 11.9 Å². The van der Waals surface area contributed by atoms with Gasteiger partial charge in [-0.25, -0.2) is 0 Å². The highest BCUT2D eigenvalue weighted by atomic mass is 16.5. The van der Waals surface area contributed by atoms with Crippen molar-refractivity contribution in [3.05, 3.63) is 12.2 Å². The van der Waals surface area contributed by atoms with E-state index in [9.17, 15) is 9.59 Å². The summed E-state index contributed by atoms with van der Waals surface area (Å²) in [6.07, 6.45) is 21.4. The summed E-state index contributed by atoms with van der Waals surface area (Å²) in [5.74, 6) is -0.432. The third kappa shape index (κ3) is 13.6. The molecule has 1 aliphatic carbocycles. The van der Waals surface area contributed by atoms with E-state index in [4.69, 9.17) is 9.47 Å². The van der Waals surface area contributed by atoms with Gasteiger partial charge in [0, 0.05) is 0 Å². The highest BCUT2D eigenvalue weighted by Gasteiger charge is 2.36. The Morgan fingerprint density at radius 2 is 1.13 bits per heavy atom. The lowest BCUT2D eigenvalue weighted by Crippen LogP contribution is -2.34. The molecular formula is C27H48O4. The van der Waals surface area contributed by atoms with Crippen LogP contribution in [-0.2, 0) is 19.1 Å². The minimum Gasteiger partial charge on any atom is -0.465 e. The summed E-state index contributed by atoms with van der Waals surface area (Å²) in [6, 6.07) is 0. The zero-order valence-electron chi connectivity index (χ0n) is 20.5. The molecule has 0 spiro atoms. The van der Waals surface area contributed by atoms with Gasteiger partial charge in [-0.3, -0.25) is 9.59 Å². The molecule has 0 amide bonds. The number of allylic oxidation sites excluding steroid dienone is 2. The number of unbranched alkanes of at least 4 members (excludes halogenated alkanes) is 10. The Bertz CT molecular complexity index is 497. The predicted octanol–water partition coefficient (Wildman–Crippen LogP) is 7.40. The monoisotopic (exact) mass is 436 g/mol. The number of rotatable bonds is 18. The first-order valence-electron chi connectivity index (χ1n) is 13.0. The van der Waals surface area contributed by atoms with Crippen LogP contribution < -0.4 is 0 Å². The van der Waals surface area contributed by atoms with Crippen LogP contribution in [0.2, 0.25) is 0 Å². The van der Waals surface area contributed by atoms with Crippen LogP contribution in [0, 0.1) is 17.8 Å². The van der Waals surface area contributed by atoms with E-state index >= 15 is 0 Å². The third-order valence-corrected chi connectivity index (χ3v) is 6.16. The van der Waals surface area contributed by atoms with E-state index in [0.717, 1.165) is 25.2 Å². The molecule has 1 aliphatic rings. The molecule has 0 aromatic heterocycles. The number of carbonyl (C=O) groups excluding carboxylic acids is 2. The van der Waals surface area contributed by atoms with Crippen molar-refractivity contribution in [3.8, 4) is 0 Å². The summed E-state index contributed by atoms with van der Waals surface area (Å²) in [6.45, 7) is 7.46. The summed E-state index contributed by atoms with van der Waals surface area (Å²) in [5.41, 5.74) is 0. The molecule has 1 rings (SSSR count). The van der Waals surface area contributed by atoms with Crippen molar-refractivity contribution in [2.45, 2.75) is 117 Å². The van der Waals surface area contributed by atoms with Crippen LogP contribution >= 0.6 is 0 Å². The van der Waals surface area contributed by atoms with Gasteiger partial charge in [-0.05, 0) is 31.6 Å². The lowest BCUT2D eigenvalue weighted by atomic mass is 9.83. The molecular weight excluding hydrogens is 388 g/mol. The molecule has 0 saturated carbocycles. The summed E-state index contributed by atoms with van der Waals surface area (Å²) in [5, 5.41) is 0. The lowest BCUT2D eigenvalue weighted by Gasteiger charge is -2.25. The minimum atomic E-state index is -0.390. The maximum absolute atomic E-state index is 12.5.